The van der Waals surface area contributed by atoms with Crippen LogP contribution in [0, 0.1) is 12.7 Å². The number of aryl methyl sites for hydroxylation is 1. The maximum absolute atomic E-state index is 13.3. The average molecular weight is 309 g/mol. The van der Waals surface area contributed by atoms with Gasteiger partial charge in [-0.2, -0.15) is 0 Å². The third kappa shape index (κ3) is 3.01. The Morgan fingerprint density at radius 3 is 2.72 bits per heavy atom. The molecule has 0 radical (unpaired) electrons. The number of nitrogens with two attached hydrogens (primary N) is 1. The van der Waals surface area contributed by atoms with E-state index in [1.165, 1.54) is 17.2 Å². The van der Waals surface area contributed by atoms with Crippen LogP contribution in [0.1, 0.15) is 11.1 Å². The van der Waals surface area contributed by atoms with Crippen LogP contribution >= 0.6 is 15.9 Å². The molecule has 0 saturated carbocycles. The molecule has 2 nitrogen and oxygen atoms in total. The van der Waals surface area contributed by atoms with Gasteiger partial charge in [0.1, 0.15) is 5.82 Å². The zero-order chi connectivity index (χ0) is 13.1. The van der Waals surface area contributed by atoms with Crippen molar-refractivity contribution < 1.29 is 4.39 Å². The van der Waals surface area contributed by atoms with Gasteiger partial charge in [0.15, 0.2) is 0 Å². The lowest BCUT2D eigenvalue weighted by atomic mass is 10.1. The molecule has 2 aromatic carbocycles. The second-order valence-corrected chi connectivity index (χ2v) is 5.08. The minimum absolute atomic E-state index is 0.166. The molecule has 0 aliphatic heterocycles. The molecular weight excluding hydrogens is 295 g/mol. The SMILES string of the molecule is Cc1ccc(Br)cc1CNc1ccc(N)c(F)c1. The molecule has 2 aromatic rings. The van der Waals surface area contributed by atoms with Crippen molar-refractivity contribution in [2.24, 2.45) is 0 Å². The maximum Gasteiger partial charge on any atom is 0.148 e. The van der Waals surface area contributed by atoms with Crippen molar-refractivity contribution in [3.63, 3.8) is 0 Å². The Hall–Kier alpha value is -1.55. The highest BCUT2D eigenvalue weighted by molar-refractivity contribution is 9.10. The first-order chi connectivity index (χ1) is 8.56. The Balaban J connectivity index is 2.11. The third-order valence-electron chi connectivity index (χ3n) is 2.79. The molecule has 0 aliphatic rings. The van der Waals surface area contributed by atoms with Crippen molar-refractivity contribution in [3.05, 3.63) is 57.8 Å². The van der Waals surface area contributed by atoms with Crippen molar-refractivity contribution in [2.45, 2.75) is 13.5 Å². The smallest absolute Gasteiger partial charge is 0.148 e. The quantitative estimate of drug-likeness (QED) is 0.838. The van der Waals surface area contributed by atoms with E-state index >= 15 is 0 Å². The van der Waals surface area contributed by atoms with E-state index in [9.17, 15) is 4.39 Å². The fourth-order valence-electron chi connectivity index (χ4n) is 1.66. The molecule has 3 N–H and O–H groups in total. The predicted molar refractivity (Wildman–Crippen MR) is 77.0 cm³/mol. The first-order valence-corrected chi connectivity index (χ1v) is 6.39. The Kier molecular flexibility index (Phi) is 3.87. The van der Waals surface area contributed by atoms with Crippen LogP contribution < -0.4 is 11.1 Å². The molecule has 94 valence electrons. The fraction of sp³-hybridized carbons (Fsp3) is 0.143. The first kappa shape index (κ1) is 12.9. The minimum atomic E-state index is -0.397. The molecule has 0 heterocycles. The third-order valence-corrected chi connectivity index (χ3v) is 3.29. The molecule has 0 aliphatic carbocycles. The number of rotatable bonds is 3. The second-order valence-electron chi connectivity index (χ2n) is 4.16. The van der Waals surface area contributed by atoms with Crippen LogP contribution in [0.5, 0.6) is 0 Å². The summed E-state index contributed by atoms with van der Waals surface area (Å²) in [6.07, 6.45) is 0. The lowest BCUT2D eigenvalue weighted by Gasteiger charge is -2.10. The molecular formula is C14H14BrFN2. The van der Waals surface area contributed by atoms with E-state index in [-0.39, 0.29) is 5.69 Å². The normalized spacial score (nSPS) is 10.4. The van der Waals surface area contributed by atoms with E-state index in [4.69, 9.17) is 5.73 Å². The largest absolute Gasteiger partial charge is 0.396 e. The molecule has 0 atom stereocenters. The number of nitrogen functional groups attached to an aromatic ring is 1. The molecule has 0 amide bonds. The van der Waals surface area contributed by atoms with E-state index in [0.29, 0.717) is 6.54 Å². The van der Waals surface area contributed by atoms with Crippen LogP contribution in [0.25, 0.3) is 0 Å². The molecule has 18 heavy (non-hydrogen) atoms. The molecule has 0 aromatic heterocycles. The lowest BCUT2D eigenvalue weighted by Crippen LogP contribution is -2.02. The van der Waals surface area contributed by atoms with E-state index in [1.807, 2.05) is 19.1 Å². The monoisotopic (exact) mass is 308 g/mol. The summed E-state index contributed by atoms with van der Waals surface area (Å²) in [7, 11) is 0. The van der Waals surface area contributed by atoms with Crippen molar-refractivity contribution in [1.82, 2.24) is 0 Å². The van der Waals surface area contributed by atoms with Gasteiger partial charge in [0.05, 0.1) is 5.69 Å². The van der Waals surface area contributed by atoms with Gasteiger partial charge in [-0.05, 0) is 48.4 Å². The minimum Gasteiger partial charge on any atom is -0.396 e. The number of benzene rings is 2. The molecule has 0 saturated heterocycles. The highest BCUT2D eigenvalue weighted by Crippen LogP contribution is 2.19. The average Bonchev–Trinajstić information content (AvgIpc) is 2.34. The molecule has 0 bridgehead atoms. The summed E-state index contributed by atoms with van der Waals surface area (Å²) in [6, 6.07) is 10.8. The highest BCUT2D eigenvalue weighted by Gasteiger charge is 2.02. The first-order valence-electron chi connectivity index (χ1n) is 5.60. The summed E-state index contributed by atoms with van der Waals surface area (Å²) >= 11 is 3.44. The van der Waals surface area contributed by atoms with Crippen molar-refractivity contribution in [1.29, 1.82) is 0 Å². The maximum atomic E-state index is 13.3. The Bertz CT molecular complexity index is 570. The van der Waals surface area contributed by atoms with Gasteiger partial charge in [-0.3, -0.25) is 0 Å². The lowest BCUT2D eigenvalue weighted by molar-refractivity contribution is 0.633. The summed E-state index contributed by atoms with van der Waals surface area (Å²) in [4.78, 5) is 0. The van der Waals surface area contributed by atoms with Crippen LogP contribution in [-0.2, 0) is 6.54 Å². The van der Waals surface area contributed by atoms with Gasteiger partial charge in [-0.15, -0.1) is 0 Å². The number of hydrogen-bond acceptors (Lipinski definition) is 2. The standard InChI is InChI=1S/C14H14BrFN2/c1-9-2-3-11(15)6-10(9)8-18-12-4-5-14(17)13(16)7-12/h2-7,18H,8,17H2,1H3. The van der Waals surface area contributed by atoms with Gasteiger partial charge >= 0.3 is 0 Å². The summed E-state index contributed by atoms with van der Waals surface area (Å²) < 4.78 is 14.3. The van der Waals surface area contributed by atoms with Crippen molar-refractivity contribution >= 4 is 27.3 Å². The fourth-order valence-corrected chi connectivity index (χ4v) is 2.07. The van der Waals surface area contributed by atoms with E-state index in [0.717, 1.165) is 10.2 Å². The topological polar surface area (TPSA) is 38.0 Å². The van der Waals surface area contributed by atoms with E-state index in [1.54, 1.807) is 12.1 Å². The summed E-state index contributed by atoms with van der Waals surface area (Å²) in [5.74, 6) is -0.397. The van der Waals surface area contributed by atoms with Gasteiger partial charge < -0.3 is 11.1 Å². The van der Waals surface area contributed by atoms with Crippen LogP contribution in [0.3, 0.4) is 0 Å². The Labute approximate surface area is 114 Å². The van der Waals surface area contributed by atoms with Gasteiger partial charge in [0.25, 0.3) is 0 Å². The molecule has 0 unspecified atom stereocenters. The number of nitrogens with one attached hydrogen (secondary N) is 1. The van der Waals surface area contributed by atoms with Gasteiger partial charge in [0.2, 0.25) is 0 Å². The number of halogens is 2. The number of hydrogen-bond donors (Lipinski definition) is 2. The molecule has 0 fully saturated rings. The molecule has 4 heteroatoms. The van der Waals surface area contributed by atoms with E-state index in [2.05, 4.69) is 27.3 Å². The van der Waals surface area contributed by atoms with E-state index < -0.39 is 5.82 Å². The van der Waals surface area contributed by atoms with Crippen LogP contribution in [0.4, 0.5) is 15.8 Å². The van der Waals surface area contributed by atoms with Gasteiger partial charge in [-0.1, -0.05) is 22.0 Å². The van der Waals surface area contributed by atoms with Crippen LogP contribution in [-0.4, -0.2) is 0 Å². The highest BCUT2D eigenvalue weighted by atomic mass is 79.9. The van der Waals surface area contributed by atoms with Gasteiger partial charge in [-0.25, -0.2) is 4.39 Å². The predicted octanol–water partition coefficient (Wildman–Crippen LogP) is 4.09. The Morgan fingerprint density at radius 1 is 1.22 bits per heavy atom. The molecule has 0 spiro atoms. The zero-order valence-electron chi connectivity index (χ0n) is 10.0. The zero-order valence-corrected chi connectivity index (χ0v) is 11.6. The van der Waals surface area contributed by atoms with Crippen LogP contribution in [0.15, 0.2) is 40.9 Å². The summed E-state index contributed by atoms with van der Waals surface area (Å²) in [5, 5.41) is 3.18. The second kappa shape index (κ2) is 5.40. The van der Waals surface area contributed by atoms with Gasteiger partial charge in [0, 0.05) is 16.7 Å². The van der Waals surface area contributed by atoms with Crippen molar-refractivity contribution in [3.8, 4) is 0 Å². The summed E-state index contributed by atoms with van der Waals surface area (Å²) in [6.45, 7) is 2.70. The number of anilines is 2. The summed E-state index contributed by atoms with van der Waals surface area (Å²) in [5.41, 5.74) is 8.68. The molecule has 2 rings (SSSR count). The Morgan fingerprint density at radius 2 is 2.00 bits per heavy atom. The van der Waals surface area contributed by atoms with Crippen molar-refractivity contribution in [2.75, 3.05) is 11.1 Å². The van der Waals surface area contributed by atoms with Crippen LogP contribution in [0.2, 0.25) is 0 Å².